The number of amides is 1. The van der Waals surface area contributed by atoms with Crippen LogP contribution in [0.1, 0.15) is 12.0 Å². The van der Waals surface area contributed by atoms with Gasteiger partial charge in [0.15, 0.2) is 22.1 Å². The average molecular weight is 410 g/mol. The summed E-state index contributed by atoms with van der Waals surface area (Å²) in [4.78, 5) is 12.4. The number of aryl methyl sites for hydroxylation is 1. The van der Waals surface area contributed by atoms with Crippen molar-refractivity contribution < 1.29 is 14.3 Å². The predicted octanol–water partition coefficient (Wildman–Crippen LogP) is 3.26. The minimum atomic E-state index is -0.215. The SMILES string of the molecule is Cc1cccc(-c2n[nH]c(=S)n2CCC(=O)NCC2COc3ccccc3O2)c1. The highest BCUT2D eigenvalue weighted by molar-refractivity contribution is 7.71. The fourth-order valence-corrected chi connectivity index (χ4v) is 3.45. The smallest absolute Gasteiger partial charge is 0.221 e. The molecule has 2 aromatic carbocycles. The third-order valence-electron chi connectivity index (χ3n) is 4.69. The molecule has 0 saturated heterocycles. The van der Waals surface area contributed by atoms with Crippen molar-refractivity contribution in [3.8, 4) is 22.9 Å². The number of hydrogen-bond donors (Lipinski definition) is 2. The molecule has 4 rings (SSSR count). The van der Waals surface area contributed by atoms with Gasteiger partial charge in [-0.15, -0.1) is 0 Å². The zero-order valence-electron chi connectivity index (χ0n) is 16.1. The summed E-state index contributed by atoms with van der Waals surface area (Å²) < 4.78 is 13.9. The Hall–Kier alpha value is -3.13. The van der Waals surface area contributed by atoms with E-state index in [0.717, 1.165) is 22.7 Å². The van der Waals surface area contributed by atoms with Crippen LogP contribution in [0.25, 0.3) is 11.4 Å². The van der Waals surface area contributed by atoms with Gasteiger partial charge < -0.3 is 14.8 Å². The van der Waals surface area contributed by atoms with Crippen LogP contribution < -0.4 is 14.8 Å². The Bertz CT molecular complexity index is 1080. The molecule has 150 valence electrons. The van der Waals surface area contributed by atoms with Crippen molar-refractivity contribution in [1.82, 2.24) is 20.1 Å². The van der Waals surface area contributed by atoms with Gasteiger partial charge in [-0.1, -0.05) is 35.9 Å². The lowest BCUT2D eigenvalue weighted by atomic mass is 10.1. The first-order chi connectivity index (χ1) is 14.1. The predicted molar refractivity (Wildman–Crippen MR) is 112 cm³/mol. The number of fused-ring (bicyclic) bond motifs is 1. The van der Waals surface area contributed by atoms with Gasteiger partial charge in [0.25, 0.3) is 0 Å². The van der Waals surface area contributed by atoms with Crippen LogP contribution in [0.4, 0.5) is 0 Å². The zero-order chi connectivity index (χ0) is 20.2. The second-order valence-electron chi connectivity index (χ2n) is 6.93. The lowest BCUT2D eigenvalue weighted by Gasteiger charge is -2.26. The second-order valence-corrected chi connectivity index (χ2v) is 7.31. The van der Waals surface area contributed by atoms with Crippen molar-refractivity contribution in [1.29, 1.82) is 0 Å². The minimum Gasteiger partial charge on any atom is -0.486 e. The molecule has 0 saturated carbocycles. The first-order valence-electron chi connectivity index (χ1n) is 9.47. The van der Waals surface area contributed by atoms with E-state index >= 15 is 0 Å². The lowest BCUT2D eigenvalue weighted by molar-refractivity contribution is -0.121. The molecule has 2 N–H and O–H groups in total. The molecule has 0 fully saturated rings. The van der Waals surface area contributed by atoms with Gasteiger partial charge >= 0.3 is 0 Å². The van der Waals surface area contributed by atoms with Gasteiger partial charge in [0.2, 0.25) is 5.91 Å². The Kier molecular flexibility index (Phi) is 5.62. The van der Waals surface area contributed by atoms with Crippen LogP contribution in [-0.4, -0.2) is 39.9 Å². The summed E-state index contributed by atoms with van der Waals surface area (Å²) in [6, 6.07) is 15.5. The van der Waals surface area contributed by atoms with Crippen molar-refractivity contribution in [3.05, 3.63) is 58.9 Å². The number of carbonyl (C=O) groups is 1. The highest BCUT2D eigenvalue weighted by Crippen LogP contribution is 2.30. The summed E-state index contributed by atoms with van der Waals surface area (Å²) in [5.41, 5.74) is 2.10. The average Bonchev–Trinajstić information content (AvgIpc) is 3.11. The van der Waals surface area contributed by atoms with E-state index in [0.29, 0.717) is 30.2 Å². The molecular weight excluding hydrogens is 388 g/mol. The van der Waals surface area contributed by atoms with Crippen molar-refractivity contribution in [3.63, 3.8) is 0 Å². The highest BCUT2D eigenvalue weighted by Gasteiger charge is 2.21. The monoisotopic (exact) mass is 410 g/mol. The van der Waals surface area contributed by atoms with Crippen LogP contribution in [0.15, 0.2) is 48.5 Å². The number of aromatic amines is 1. The van der Waals surface area contributed by atoms with Gasteiger partial charge in [0, 0.05) is 18.5 Å². The molecule has 1 atom stereocenters. The molecule has 0 radical (unpaired) electrons. The zero-order valence-corrected chi connectivity index (χ0v) is 16.9. The van der Waals surface area contributed by atoms with E-state index in [-0.39, 0.29) is 18.4 Å². The molecule has 0 spiro atoms. The molecule has 0 bridgehead atoms. The maximum Gasteiger partial charge on any atom is 0.221 e. The summed E-state index contributed by atoms with van der Waals surface area (Å²) in [7, 11) is 0. The number of ether oxygens (including phenoxy) is 2. The topological polar surface area (TPSA) is 81.2 Å². The number of para-hydroxylation sites is 2. The molecule has 0 aliphatic carbocycles. The molecule has 1 aliphatic rings. The minimum absolute atomic E-state index is 0.0780. The molecule has 1 aliphatic heterocycles. The first kappa shape index (κ1) is 19.2. The Morgan fingerprint density at radius 3 is 2.93 bits per heavy atom. The van der Waals surface area contributed by atoms with Gasteiger partial charge in [-0.25, -0.2) is 0 Å². The number of benzene rings is 2. The van der Waals surface area contributed by atoms with Crippen LogP contribution in [-0.2, 0) is 11.3 Å². The van der Waals surface area contributed by atoms with Crippen LogP contribution in [0.3, 0.4) is 0 Å². The number of aromatic nitrogens is 3. The summed E-state index contributed by atoms with van der Waals surface area (Å²) in [6.45, 7) is 3.25. The number of nitrogens with one attached hydrogen (secondary N) is 2. The third kappa shape index (κ3) is 4.48. The molecule has 1 amide bonds. The molecular formula is C21H22N4O3S. The summed E-state index contributed by atoms with van der Waals surface area (Å²) >= 11 is 5.34. The van der Waals surface area contributed by atoms with E-state index in [1.54, 1.807) is 0 Å². The van der Waals surface area contributed by atoms with Crippen molar-refractivity contribution in [2.45, 2.75) is 26.0 Å². The van der Waals surface area contributed by atoms with Crippen LogP contribution >= 0.6 is 12.2 Å². The van der Waals surface area contributed by atoms with E-state index in [1.165, 1.54) is 0 Å². The quantitative estimate of drug-likeness (QED) is 0.610. The molecule has 1 aromatic heterocycles. The van der Waals surface area contributed by atoms with Crippen LogP contribution in [0, 0.1) is 11.7 Å². The maximum absolute atomic E-state index is 12.4. The largest absolute Gasteiger partial charge is 0.486 e. The molecule has 29 heavy (non-hydrogen) atoms. The Labute approximate surface area is 173 Å². The highest BCUT2D eigenvalue weighted by atomic mass is 32.1. The number of hydrogen-bond acceptors (Lipinski definition) is 5. The number of rotatable bonds is 6. The van der Waals surface area contributed by atoms with E-state index in [4.69, 9.17) is 21.7 Å². The van der Waals surface area contributed by atoms with Crippen molar-refractivity contribution in [2.24, 2.45) is 0 Å². The number of nitrogens with zero attached hydrogens (tertiary/aromatic N) is 2. The van der Waals surface area contributed by atoms with Gasteiger partial charge in [0.05, 0.1) is 6.54 Å². The van der Waals surface area contributed by atoms with E-state index in [1.807, 2.05) is 60.0 Å². The summed E-state index contributed by atoms with van der Waals surface area (Å²) in [6.07, 6.45) is 0.0735. The van der Waals surface area contributed by atoms with Crippen molar-refractivity contribution >= 4 is 18.1 Å². The van der Waals surface area contributed by atoms with Gasteiger partial charge in [-0.3, -0.25) is 14.5 Å². The Morgan fingerprint density at radius 2 is 2.10 bits per heavy atom. The fraction of sp³-hybridized carbons (Fsp3) is 0.286. The number of H-pyrrole nitrogens is 1. The van der Waals surface area contributed by atoms with E-state index < -0.39 is 0 Å². The lowest BCUT2D eigenvalue weighted by Crippen LogP contribution is -2.40. The maximum atomic E-state index is 12.4. The molecule has 8 heteroatoms. The van der Waals surface area contributed by atoms with Crippen LogP contribution in [0.5, 0.6) is 11.5 Å². The van der Waals surface area contributed by atoms with Crippen molar-refractivity contribution in [2.75, 3.05) is 13.2 Å². The Balaban J connectivity index is 1.33. The summed E-state index contributed by atoms with van der Waals surface area (Å²) in [5, 5.41) is 10.1. The molecule has 2 heterocycles. The molecule has 1 unspecified atom stereocenters. The third-order valence-corrected chi connectivity index (χ3v) is 5.00. The second kappa shape index (κ2) is 8.48. The first-order valence-corrected chi connectivity index (χ1v) is 9.88. The number of carbonyl (C=O) groups excluding carboxylic acids is 1. The van der Waals surface area contributed by atoms with E-state index in [2.05, 4.69) is 15.5 Å². The van der Waals surface area contributed by atoms with Gasteiger partial charge in [-0.05, 0) is 37.3 Å². The van der Waals surface area contributed by atoms with E-state index in [9.17, 15) is 4.79 Å². The Morgan fingerprint density at radius 1 is 1.28 bits per heavy atom. The molecule has 3 aromatic rings. The fourth-order valence-electron chi connectivity index (χ4n) is 3.22. The standard InChI is InChI=1S/C21H22N4O3S/c1-14-5-4-6-15(11-14)20-23-24-21(29)25(20)10-9-19(26)22-12-16-13-27-17-7-2-3-8-18(17)28-16/h2-8,11,16H,9-10,12-13H2,1H3,(H,22,26)(H,24,29). The molecule has 7 nitrogen and oxygen atoms in total. The van der Waals surface area contributed by atoms with Crippen LogP contribution in [0.2, 0.25) is 0 Å². The summed E-state index contributed by atoms with van der Waals surface area (Å²) in [5.74, 6) is 2.08. The van der Waals surface area contributed by atoms with Gasteiger partial charge in [-0.2, -0.15) is 5.10 Å². The normalized spacial score (nSPS) is 15.1. The van der Waals surface area contributed by atoms with Gasteiger partial charge in [0.1, 0.15) is 12.7 Å².